The first-order valence-corrected chi connectivity index (χ1v) is 10.9. The Balaban J connectivity index is 2.01. The fraction of sp³-hybridized carbons (Fsp3) is 0.300. The Morgan fingerprint density at radius 1 is 1.19 bits per heavy atom. The Bertz CT molecular complexity index is 991. The number of hydrogen-bond donors (Lipinski definition) is 0. The Morgan fingerprint density at radius 2 is 1.93 bits per heavy atom. The van der Waals surface area contributed by atoms with Gasteiger partial charge in [0.2, 0.25) is 0 Å². The quantitative estimate of drug-likeness (QED) is 0.594. The average molecular weight is 403 g/mol. The van der Waals surface area contributed by atoms with E-state index < -0.39 is 0 Å². The number of nitrogens with zero attached hydrogens (tertiary/aromatic N) is 2. The van der Waals surface area contributed by atoms with Gasteiger partial charge in [-0.2, -0.15) is 16.8 Å². The summed E-state index contributed by atoms with van der Waals surface area (Å²) >= 11 is 3.27. The molecule has 1 heterocycles. The molecule has 7 heteroatoms. The lowest BCUT2D eigenvalue weighted by Gasteiger charge is -2.05. The van der Waals surface area contributed by atoms with Crippen LogP contribution in [0.5, 0.6) is 11.5 Å². The number of carbonyl (C=O) groups excluding carboxylic acids is 1. The minimum absolute atomic E-state index is 0.255. The van der Waals surface area contributed by atoms with Crippen molar-refractivity contribution in [3.63, 3.8) is 0 Å². The van der Waals surface area contributed by atoms with Crippen LogP contribution in [0, 0.1) is 0 Å². The van der Waals surface area contributed by atoms with Gasteiger partial charge in [-0.3, -0.25) is 4.79 Å². The first kappa shape index (κ1) is 19.5. The molecule has 142 valence electrons. The molecule has 1 amide bonds. The van der Waals surface area contributed by atoms with Gasteiger partial charge in [0, 0.05) is 23.9 Å². The van der Waals surface area contributed by atoms with E-state index in [-0.39, 0.29) is 5.91 Å². The average Bonchev–Trinajstić information content (AvgIpc) is 3.03. The maximum atomic E-state index is 12.7. The van der Waals surface area contributed by atoms with Gasteiger partial charge >= 0.3 is 0 Å². The van der Waals surface area contributed by atoms with Crippen molar-refractivity contribution in [1.82, 2.24) is 4.57 Å². The van der Waals surface area contributed by atoms with Crippen molar-refractivity contribution in [1.29, 1.82) is 0 Å². The second-order valence-electron chi connectivity index (χ2n) is 5.74. The van der Waals surface area contributed by atoms with E-state index in [9.17, 15) is 4.79 Å². The van der Waals surface area contributed by atoms with Crippen molar-refractivity contribution < 1.29 is 14.3 Å². The maximum absolute atomic E-state index is 12.7. The molecule has 0 radical (unpaired) electrons. The molecule has 2 aromatic carbocycles. The highest BCUT2D eigenvalue weighted by Gasteiger charge is 2.10. The van der Waals surface area contributed by atoms with Gasteiger partial charge in [0.1, 0.15) is 11.5 Å². The summed E-state index contributed by atoms with van der Waals surface area (Å²) in [5.41, 5.74) is 1.58. The van der Waals surface area contributed by atoms with E-state index in [1.807, 2.05) is 25.1 Å². The van der Waals surface area contributed by atoms with E-state index in [4.69, 9.17) is 9.47 Å². The summed E-state index contributed by atoms with van der Waals surface area (Å²) in [6.45, 7) is 3.31. The van der Waals surface area contributed by atoms with Crippen LogP contribution in [0.3, 0.4) is 0 Å². The van der Waals surface area contributed by atoms with E-state index in [2.05, 4.69) is 15.8 Å². The molecule has 0 saturated carbocycles. The Hall–Kier alpha value is -2.25. The highest BCUT2D eigenvalue weighted by Crippen LogP contribution is 2.23. The van der Waals surface area contributed by atoms with Gasteiger partial charge in [0.15, 0.2) is 4.80 Å². The molecule has 0 fully saturated rings. The van der Waals surface area contributed by atoms with Gasteiger partial charge < -0.3 is 14.0 Å². The molecule has 1 aromatic heterocycles. The number of thiazole rings is 1. The molecule has 27 heavy (non-hydrogen) atoms. The molecule has 0 bridgehead atoms. The lowest BCUT2D eigenvalue weighted by Crippen LogP contribution is -2.18. The lowest BCUT2D eigenvalue weighted by molar-refractivity contribution is 0.0998. The number of rotatable bonds is 7. The zero-order chi connectivity index (χ0) is 19.2. The van der Waals surface area contributed by atoms with E-state index >= 15 is 0 Å². The van der Waals surface area contributed by atoms with Gasteiger partial charge in [-0.1, -0.05) is 11.3 Å². The predicted molar refractivity (Wildman–Crippen MR) is 112 cm³/mol. The number of aromatic nitrogens is 1. The zero-order valence-electron chi connectivity index (χ0n) is 15.6. The molecule has 0 saturated heterocycles. The van der Waals surface area contributed by atoms with Crippen LogP contribution in [-0.2, 0) is 6.54 Å². The maximum Gasteiger partial charge on any atom is 0.279 e. The fourth-order valence-electron chi connectivity index (χ4n) is 2.67. The summed E-state index contributed by atoms with van der Waals surface area (Å²) in [5.74, 6) is 2.23. The number of hydrogen-bond acceptors (Lipinski definition) is 5. The van der Waals surface area contributed by atoms with Crippen molar-refractivity contribution in [3.8, 4) is 11.5 Å². The summed E-state index contributed by atoms with van der Waals surface area (Å²) in [5, 5.41) is 0. The molecule has 0 aliphatic carbocycles. The number of benzene rings is 2. The van der Waals surface area contributed by atoms with Crippen molar-refractivity contribution >= 4 is 39.2 Å². The molecule has 3 aromatic rings. The highest BCUT2D eigenvalue weighted by atomic mass is 32.2. The standard InChI is InChI=1S/C20H22N2O3S2/c1-4-25-15-7-5-14(6-8-15)19(23)21-20-22(11-12-26-3)17-13-16(24-2)9-10-18(17)27-20/h5-10,13H,4,11-12H2,1-3H3. The van der Waals surface area contributed by atoms with Crippen LogP contribution in [0.1, 0.15) is 17.3 Å². The molecule has 0 spiro atoms. The Labute approximate surface area is 166 Å². The van der Waals surface area contributed by atoms with E-state index in [1.165, 1.54) is 11.3 Å². The third-order valence-electron chi connectivity index (χ3n) is 4.02. The Morgan fingerprint density at radius 3 is 2.59 bits per heavy atom. The van der Waals surface area contributed by atoms with Crippen molar-refractivity contribution in [2.45, 2.75) is 13.5 Å². The van der Waals surface area contributed by atoms with Crippen LogP contribution >= 0.6 is 23.1 Å². The van der Waals surface area contributed by atoms with Gasteiger partial charge in [-0.25, -0.2) is 0 Å². The fourth-order valence-corrected chi connectivity index (χ4v) is 4.07. The summed E-state index contributed by atoms with van der Waals surface area (Å²) in [6.07, 6.45) is 2.07. The van der Waals surface area contributed by atoms with Crippen LogP contribution in [0.2, 0.25) is 0 Å². The molecule has 0 aliphatic heterocycles. The Kier molecular flexibility index (Phi) is 6.58. The molecular formula is C20H22N2O3S2. The van der Waals surface area contributed by atoms with Gasteiger partial charge in [-0.05, 0) is 49.6 Å². The SMILES string of the molecule is CCOc1ccc(C(=O)N=c2sc3ccc(OC)cc3n2CCSC)cc1. The molecule has 5 nitrogen and oxygen atoms in total. The zero-order valence-corrected chi connectivity index (χ0v) is 17.2. The molecule has 0 N–H and O–H groups in total. The van der Waals surface area contributed by atoms with Gasteiger partial charge in [-0.15, -0.1) is 0 Å². The van der Waals surface area contributed by atoms with Crippen molar-refractivity contribution in [2.24, 2.45) is 4.99 Å². The number of thioether (sulfide) groups is 1. The largest absolute Gasteiger partial charge is 0.497 e. The van der Waals surface area contributed by atoms with Crippen LogP contribution in [-0.4, -0.2) is 36.2 Å². The molecule has 0 aliphatic rings. The normalized spacial score (nSPS) is 11.7. The lowest BCUT2D eigenvalue weighted by atomic mass is 10.2. The number of carbonyl (C=O) groups is 1. The van der Waals surface area contributed by atoms with Crippen LogP contribution < -0.4 is 14.3 Å². The third kappa shape index (κ3) is 4.54. The van der Waals surface area contributed by atoms with Gasteiger partial charge in [0.25, 0.3) is 5.91 Å². The highest BCUT2D eigenvalue weighted by molar-refractivity contribution is 7.98. The second-order valence-corrected chi connectivity index (χ2v) is 7.73. The van der Waals surface area contributed by atoms with E-state index in [0.29, 0.717) is 17.0 Å². The minimum atomic E-state index is -0.255. The van der Waals surface area contributed by atoms with Crippen molar-refractivity contribution in [2.75, 3.05) is 25.7 Å². The summed E-state index contributed by atoms with van der Waals surface area (Å²) in [7, 11) is 1.65. The van der Waals surface area contributed by atoms with Crippen molar-refractivity contribution in [3.05, 3.63) is 52.8 Å². The molecule has 3 rings (SSSR count). The number of amides is 1. The number of methoxy groups -OCH3 is 1. The number of ether oxygens (including phenoxy) is 2. The summed E-state index contributed by atoms with van der Waals surface area (Å²) < 4.78 is 13.9. The second kappa shape index (κ2) is 9.10. The van der Waals surface area contributed by atoms with Crippen LogP contribution in [0.15, 0.2) is 47.5 Å². The molecule has 0 unspecified atom stereocenters. The first-order chi connectivity index (χ1) is 13.2. The number of fused-ring (bicyclic) bond motifs is 1. The van der Waals surface area contributed by atoms with E-state index in [0.717, 1.165) is 34.0 Å². The third-order valence-corrected chi connectivity index (χ3v) is 5.67. The van der Waals surface area contributed by atoms with E-state index in [1.54, 1.807) is 43.1 Å². The molecular weight excluding hydrogens is 380 g/mol. The number of aryl methyl sites for hydroxylation is 1. The predicted octanol–water partition coefficient (Wildman–Crippen LogP) is 4.21. The first-order valence-electron chi connectivity index (χ1n) is 8.64. The minimum Gasteiger partial charge on any atom is -0.497 e. The molecule has 0 atom stereocenters. The topological polar surface area (TPSA) is 52.8 Å². The monoisotopic (exact) mass is 402 g/mol. The van der Waals surface area contributed by atoms with Gasteiger partial charge in [0.05, 0.1) is 23.9 Å². The summed E-state index contributed by atoms with van der Waals surface area (Å²) in [6, 6.07) is 13.0. The summed E-state index contributed by atoms with van der Waals surface area (Å²) in [4.78, 5) is 17.8. The smallest absolute Gasteiger partial charge is 0.279 e. The van der Waals surface area contributed by atoms with Crippen LogP contribution in [0.25, 0.3) is 10.2 Å². The van der Waals surface area contributed by atoms with Crippen LogP contribution in [0.4, 0.5) is 0 Å².